The fourth-order valence-corrected chi connectivity index (χ4v) is 3.23. The van der Waals surface area contributed by atoms with E-state index in [1.807, 2.05) is 86.6 Å². The average Bonchev–Trinajstić information content (AvgIpc) is 2.69. The summed E-state index contributed by atoms with van der Waals surface area (Å²) >= 11 is 6.12. The van der Waals surface area contributed by atoms with Crippen LogP contribution in [0.4, 0.5) is 5.69 Å². The van der Waals surface area contributed by atoms with Crippen LogP contribution in [0.3, 0.4) is 0 Å². The number of rotatable bonds is 8. The van der Waals surface area contributed by atoms with Crippen molar-refractivity contribution in [2.24, 2.45) is 0 Å². The molecule has 0 spiro atoms. The van der Waals surface area contributed by atoms with E-state index in [2.05, 4.69) is 5.32 Å². The van der Waals surface area contributed by atoms with Crippen molar-refractivity contribution < 1.29 is 9.53 Å². The molecule has 0 aromatic heterocycles. The Morgan fingerprint density at radius 1 is 1.04 bits per heavy atom. The van der Waals surface area contributed by atoms with Crippen LogP contribution in [0.15, 0.2) is 72.8 Å². The highest BCUT2D eigenvalue weighted by Gasteiger charge is 2.18. The molecule has 0 heterocycles. The van der Waals surface area contributed by atoms with Gasteiger partial charge in [-0.05, 0) is 49.7 Å². The van der Waals surface area contributed by atoms with Crippen LogP contribution in [0.1, 0.15) is 40.9 Å². The highest BCUT2D eigenvalue weighted by molar-refractivity contribution is 6.30. The lowest BCUT2D eigenvalue weighted by Gasteiger charge is -2.21. The monoisotopic (exact) mass is 393 g/mol. The summed E-state index contributed by atoms with van der Waals surface area (Å²) in [5, 5.41) is 4.11. The molecule has 3 aromatic carbocycles. The first-order valence-corrected chi connectivity index (χ1v) is 9.77. The van der Waals surface area contributed by atoms with Gasteiger partial charge in [-0.2, -0.15) is 0 Å². The van der Waals surface area contributed by atoms with Gasteiger partial charge in [0.2, 0.25) is 0 Å². The smallest absolute Gasteiger partial charge is 0.165 e. The zero-order chi connectivity index (χ0) is 19.9. The maximum Gasteiger partial charge on any atom is 0.165 e. The fraction of sp³-hybridized carbons (Fsp3) is 0.208. The van der Waals surface area contributed by atoms with E-state index >= 15 is 0 Å². The molecule has 0 fully saturated rings. The molecule has 0 saturated heterocycles. The van der Waals surface area contributed by atoms with E-state index in [9.17, 15) is 4.79 Å². The predicted octanol–water partition coefficient (Wildman–Crippen LogP) is 6.47. The van der Waals surface area contributed by atoms with Crippen LogP contribution < -0.4 is 10.1 Å². The number of Topliss-reactive ketones (excluding diaryl/α,β-unsaturated/α-hetero) is 1. The zero-order valence-electron chi connectivity index (χ0n) is 16.1. The Morgan fingerprint density at radius 2 is 1.75 bits per heavy atom. The molecule has 3 rings (SSSR count). The largest absolute Gasteiger partial charge is 0.494 e. The highest BCUT2D eigenvalue weighted by atomic mass is 35.5. The summed E-state index contributed by atoms with van der Waals surface area (Å²) in [5.74, 6) is 0.908. The van der Waals surface area contributed by atoms with Crippen molar-refractivity contribution in [2.45, 2.75) is 26.3 Å². The van der Waals surface area contributed by atoms with Gasteiger partial charge in [0.25, 0.3) is 0 Å². The minimum atomic E-state index is -0.178. The quantitative estimate of drug-likeness (QED) is 0.445. The third kappa shape index (κ3) is 5.37. The first-order valence-electron chi connectivity index (χ1n) is 9.40. The second kappa shape index (κ2) is 9.43. The van der Waals surface area contributed by atoms with E-state index in [0.717, 1.165) is 28.1 Å². The van der Waals surface area contributed by atoms with Crippen molar-refractivity contribution >= 4 is 23.1 Å². The van der Waals surface area contributed by atoms with Gasteiger partial charge in [-0.25, -0.2) is 0 Å². The summed E-state index contributed by atoms with van der Waals surface area (Å²) in [4.78, 5) is 12.9. The number of ether oxygens (including phenoxy) is 1. The van der Waals surface area contributed by atoms with Gasteiger partial charge in [-0.3, -0.25) is 4.79 Å². The Balaban J connectivity index is 1.84. The molecule has 0 saturated carbocycles. The van der Waals surface area contributed by atoms with E-state index < -0.39 is 0 Å². The molecular weight excluding hydrogens is 370 g/mol. The Hall–Kier alpha value is -2.78. The topological polar surface area (TPSA) is 38.3 Å². The van der Waals surface area contributed by atoms with Crippen molar-refractivity contribution in [1.82, 2.24) is 0 Å². The molecule has 28 heavy (non-hydrogen) atoms. The Kier molecular flexibility index (Phi) is 6.72. The molecule has 0 amide bonds. The lowest BCUT2D eigenvalue weighted by atomic mass is 9.97. The van der Waals surface area contributed by atoms with Crippen molar-refractivity contribution in [1.29, 1.82) is 0 Å². The third-order valence-electron chi connectivity index (χ3n) is 4.52. The molecule has 0 aliphatic heterocycles. The van der Waals surface area contributed by atoms with Crippen molar-refractivity contribution in [3.63, 3.8) is 0 Å². The van der Waals surface area contributed by atoms with Gasteiger partial charge >= 0.3 is 0 Å². The van der Waals surface area contributed by atoms with E-state index in [1.54, 1.807) is 0 Å². The zero-order valence-corrected chi connectivity index (χ0v) is 16.9. The molecule has 0 unspecified atom stereocenters. The molecule has 144 valence electrons. The van der Waals surface area contributed by atoms with E-state index in [-0.39, 0.29) is 11.8 Å². The summed E-state index contributed by atoms with van der Waals surface area (Å²) in [6.45, 7) is 4.59. The van der Waals surface area contributed by atoms with Crippen LogP contribution in [-0.4, -0.2) is 12.4 Å². The predicted molar refractivity (Wildman–Crippen MR) is 116 cm³/mol. The summed E-state index contributed by atoms with van der Waals surface area (Å²) in [6.07, 6.45) is 0.337. The van der Waals surface area contributed by atoms with Gasteiger partial charge in [0, 0.05) is 22.7 Å². The van der Waals surface area contributed by atoms with E-state index in [4.69, 9.17) is 16.3 Å². The normalized spacial score (nSPS) is 11.7. The second-order valence-corrected chi connectivity index (χ2v) is 7.14. The number of carbonyl (C=O) groups excluding carboxylic acids is 1. The number of hydrogen-bond donors (Lipinski definition) is 1. The number of aryl methyl sites for hydroxylation is 1. The highest BCUT2D eigenvalue weighted by Crippen LogP contribution is 2.27. The number of hydrogen-bond acceptors (Lipinski definition) is 3. The molecule has 1 atom stereocenters. The SMILES string of the molecule is CCOc1ccc([C@H](CC(=O)c2ccc(C)cc2)Nc2cccc(Cl)c2)cc1. The van der Waals surface area contributed by atoms with Crippen LogP contribution in [-0.2, 0) is 0 Å². The lowest BCUT2D eigenvalue weighted by molar-refractivity contribution is 0.0976. The Bertz CT molecular complexity index is 920. The Labute approximate surface area is 171 Å². The van der Waals surface area contributed by atoms with E-state index in [0.29, 0.717) is 18.1 Å². The van der Waals surface area contributed by atoms with Crippen LogP contribution in [0.25, 0.3) is 0 Å². The van der Waals surface area contributed by atoms with Crippen molar-refractivity contribution in [3.8, 4) is 5.75 Å². The maximum atomic E-state index is 12.9. The standard InChI is InChI=1S/C24H24ClNO2/c1-3-28-22-13-11-18(12-14-22)23(26-21-6-4-5-20(25)15-21)16-24(27)19-9-7-17(2)8-10-19/h4-15,23,26H,3,16H2,1-2H3/t23-/m0/s1. The van der Waals surface area contributed by atoms with Crippen LogP contribution in [0.2, 0.25) is 5.02 Å². The molecule has 1 N–H and O–H groups in total. The average molecular weight is 394 g/mol. The maximum absolute atomic E-state index is 12.9. The number of benzene rings is 3. The number of nitrogens with one attached hydrogen (secondary N) is 1. The molecular formula is C24H24ClNO2. The molecule has 4 heteroatoms. The molecule has 3 aromatic rings. The minimum absolute atomic E-state index is 0.0911. The number of halogens is 1. The summed E-state index contributed by atoms with van der Waals surface area (Å²) in [7, 11) is 0. The van der Waals surface area contributed by atoms with Gasteiger partial charge in [-0.1, -0.05) is 59.6 Å². The molecule has 0 bridgehead atoms. The van der Waals surface area contributed by atoms with Gasteiger partial charge < -0.3 is 10.1 Å². The van der Waals surface area contributed by atoms with Crippen LogP contribution in [0.5, 0.6) is 5.75 Å². The van der Waals surface area contributed by atoms with Gasteiger partial charge in [0.1, 0.15) is 5.75 Å². The number of carbonyl (C=O) groups is 1. The first kappa shape index (κ1) is 20.0. The minimum Gasteiger partial charge on any atom is -0.494 e. The summed E-state index contributed by atoms with van der Waals surface area (Å²) in [5.41, 5.74) is 3.75. The second-order valence-electron chi connectivity index (χ2n) is 6.70. The third-order valence-corrected chi connectivity index (χ3v) is 4.76. The number of anilines is 1. The molecule has 3 nitrogen and oxygen atoms in total. The first-order chi connectivity index (χ1) is 13.5. The number of ketones is 1. The molecule has 0 aliphatic rings. The van der Waals surface area contributed by atoms with Crippen LogP contribution in [0, 0.1) is 6.92 Å². The summed E-state index contributed by atoms with van der Waals surface area (Å²) in [6, 6.07) is 22.9. The Morgan fingerprint density at radius 3 is 2.39 bits per heavy atom. The lowest BCUT2D eigenvalue weighted by Crippen LogP contribution is -2.16. The summed E-state index contributed by atoms with van der Waals surface area (Å²) < 4.78 is 5.53. The van der Waals surface area contributed by atoms with Crippen molar-refractivity contribution in [2.75, 3.05) is 11.9 Å². The molecule has 0 radical (unpaired) electrons. The molecule has 0 aliphatic carbocycles. The van der Waals surface area contributed by atoms with Crippen LogP contribution >= 0.6 is 11.6 Å². The fourth-order valence-electron chi connectivity index (χ4n) is 3.04. The van der Waals surface area contributed by atoms with Gasteiger partial charge in [0.15, 0.2) is 5.78 Å². The van der Waals surface area contributed by atoms with Gasteiger partial charge in [0.05, 0.1) is 12.6 Å². The van der Waals surface area contributed by atoms with E-state index in [1.165, 1.54) is 0 Å². The van der Waals surface area contributed by atoms with Crippen molar-refractivity contribution in [3.05, 3.63) is 94.5 Å². The van der Waals surface area contributed by atoms with Gasteiger partial charge in [-0.15, -0.1) is 0 Å².